The molecule has 2 heterocycles. The van der Waals surface area contributed by atoms with Crippen LogP contribution in [0.4, 0.5) is 0 Å². The van der Waals surface area contributed by atoms with Crippen LogP contribution < -0.4 is 5.43 Å². The van der Waals surface area contributed by atoms with E-state index in [0.29, 0.717) is 5.56 Å². The van der Waals surface area contributed by atoms with E-state index in [-0.39, 0.29) is 5.91 Å². The van der Waals surface area contributed by atoms with Gasteiger partial charge in [-0.15, -0.1) is 5.10 Å². The van der Waals surface area contributed by atoms with Crippen LogP contribution in [0.5, 0.6) is 0 Å². The zero-order valence-corrected chi connectivity index (χ0v) is 9.01. The number of nitrogens with zero attached hydrogens (tertiary/aromatic N) is 4. The maximum Gasteiger partial charge on any atom is 0.272 e. The molecule has 2 aromatic rings. The fraction of sp³-hybridized carbons (Fsp3) is 0.200. The molecule has 0 aliphatic carbocycles. The number of nitrogens with one attached hydrogen (secondary N) is 1. The van der Waals surface area contributed by atoms with Crippen LogP contribution in [0.3, 0.4) is 0 Å². The quantitative estimate of drug-likeness (QED) is 0.802. The molecule has 16 heavy (non-hydrogen) atoms. The molecule has 82 valence electrons. The van der Waals surface area contributed by atoms with E-state index in [9.17, 15) is 4.79 Å². The molecule has 0 bridgehead atoms. The molecule has 0 saturated heterocycles. The van der Waals surface area contributed by atoms with Crippen molar-refractivity contribution in [2.24, 2.45) is 0 Å². The van der Waals surface area contributed by atoms with Gasteiger partial charge in [-0.2, -0.15) is 4.79 Å². The molecule has 0 atom stereocenters. The Labute approximate surface area is 92.3 Å². The van der Waals surface area contributed by atoms with E-state index < -0.39 is 0 Å². The summed E-state index contributed by atoms with van der Waals surface area (Å²) in [6.07, 6.45) is 3.11. The molecular formula is C10H11N5O. The summed E-state index contributed by atoms with van der Waals surface area (Å²) in [6.45, 7) is 3.66. The van der Waals surface area contributed by atoms with Crippen LogP contribution in [-0.4, -0.2) is 26.0 Å². The number of carbonyl (C=O) groups is 1. The lowest BCUT2D eigenvalue weighted by Crippen LogP contribution is -2.25. The third-order valence-electron chi connectivity index (χ3n) is 2.26. The van der Waals surface area contributed by atoms with E-state index in [1.165, 1.54) is 11.0 Å². The van der Waals surface area contributed by atoms with Crippen molar-refractivity contribution >= 4 is 5.91 Å². The molecular weight excluding hydrogens is 206 g/mol. The molecule has 0 aliphatic rings. The number of hydrogen-bond donors (Lipinski definition) is 1. The second-order valence-corrected chi connectivity index (χ2v) is 3.35. The lowest BCUT2D eigenvalue weighted by atomic mass is 10.3. The van der Waals surface area contributed by atoms with Crippen molar-refractivity contribution < 1.29 is 4.79 Å². The van der Waals surface area contributed by atoms with Crippen LogP contribution in [0.25, 0.3) is 0 Å². The first-order chi connectivity index (χ1) is 7.68. The Morgan fingerprint density at radius 2 is 2.25 bits per heavy atom. The lowest BCUT2D eigenvalue weighted by molar-refractivity contribution is 0.100. The van der Waals surface area contributed by atoms with Crippen LogP contribution in [0, 0.1) is 13.8 Å². The molecule has 6 nitrogen and oxygen atoms in total. The van der Waals surface area contributed by atoms with Gasteiger partial charge in [0.15, 0.2) is 0 Å². The SMILES string of the molecule is Cc1nnn(NC(=O)c2cccnc2)c1C. The van der Waals surface area contributed by atoms with Crippen LogP contribution in [0.15, 0.2) is 24.5 Å². The smallest absolute Gasteiger partial charge is 0.267 e. The summed E-state index contributed by atoms with van der Waals surface area (Å²) in [5, 5.41) is 7.64. The highest BCUT2D eigenvalue weighted by atomic mass is 16.2. The molecule has 0 aromatic carbocycles. The van der Waals surface area contributed by atoms with Crippen LogP contribution in [0.1, 0.15) is 21.7 Å². The highest BCUT2D eigenvalue weighted by Gasteiger charge is 2.09. The molecule has 6 heteroatoms. The average molecular weight is 217 g/mol. The van der Waals surface area contributed by atoms with Crippen LogP contribution in [0.2, 0.25) is 0 Å². The van der Waals surface area contributed by atoms with Crippen LogP contribution in [-0.2, 0) is 0 Å². The number of carbonyl (C=O) groups excluding carboxylic acids is 1. The van der Waals surface area contributed by atoms with Gasteiger partial charge in [0.25, 0.3) is 5.91 Å². The van der Waals surface area contributed by atoms with Gasteiger partial charge in [-0.3, -0.25) is 9.78 Å². The monoisotopic (exact) mass is 217 g/mol. The third kappa shape index (κ3) is 1.90. The van der Waals surface area contributed by atoms with Gasteiger partial charge in [-0.25, -0.2) is 5.43 Å². The number of amides is 1. The lowest BCUT2D eigenvalue weighted by Gasteiger charge is -2.05. The molecule has 1 amide bonds. The summed E-state index contributed by atoms with van der Waals surface area (Å²) in [4.78, 5) is 17.0. The maximum absolute atomic E-state index is 11.7. The summed E-state index contributed by atoms with van der Waals surface area (Å²) < 4.78 is 0. The van der Waals surface area contributed by atoms with Crippen molar-refractivity contribution in [2.75, 3.05) is 5.43 Å². The zero-order chi connectivity index (χ0) is 11.5. The normalized spacial score (nSPS) is 10.1. The minimum atomic E-state index is -0.263. The number of aromatic nitrogens is 4. The Balaban J connectivity index is 2.17. The average Bonchev–Trinajstić information content (AvgIpc) is 2.62. The van der Waals surface area contributed by atoms with Gasteiger partial charge in [0.2, 0.25) is 0 Å². The molecule has 1 N–H and O–H groups in total. The summed E-state index contributed by atoms with van der Waals surface area (Å²) in [5.41, 5.74) is 4.68. The summed E-state index contributed by atoms with van der Waals surface area (Å²) in [6, 6.07) is 3.38. The van der Waals surface area contributed by atoms with Crippen molar-refractivity contribution in [3.8, 4) is 0 Å². The summed E-state index contributed by atoms with van der Waals surface area (Å²) in [7, 11) is 0. The van der Waals surface area contributed by atoms with Gasteiger partial charge in [0.1, 0.15) is 0 Å². The summed E-state index contributed by atoms with van der Waals surface area (Å²) in [5.74, 6) is -0.263. The van der Waals surface area contributed by atoms with E-state index in [0.717, 1.165) is 11.4 Å². The van der Waals surface area contributed by atoms with E-state index in [1.54, 1.807) is 18.3 Å². The molecule has 0 saturated carbocycles. The van der Waals surface area contributed by atoms with Gasteiger partial charge >= 0.3 is 0 Å². The first-order valence-corrected chi connectivity index (χ1v) is 4.79. The zero-order valence-electron chi connectivity index (χ0n) is 9.01. The van der Waals surface area contributed by atoms with Crippen molar-refractivity contribution in [1.29, 1.82) is 0 Å². The number of pyridine rings is 1. The number of rotatable bonds is 2. The standard InChI is InChI=1S/C10H11N5O/c1-7-8(2)15(14-12-7)13-10(16)9-4-3-5-11-6-9/h3-6H,1-2H3,(H,13,16). The Morgan fingerprint density at radius 1 is 1.44 bits per heavy atom. The van der Waals surface area contributed by atoms with Crippen molar-refractivity contribution in [1.82, 2.24) is 20.1 Å². The van der Waals surface area contributed by atoms with E-state index in [4.69, 9.17) is 0 Å². The fourth-order valence-corrected chi connectivity index (χ4v) is 1.17. The predicted molar refractivity (Wildman–Crippen MR) is 57.4 cm³/mol. The Bertz CT molecular complexity index is 505. The highest BCUT2D eigenvalue weighted by molar-refractivity contribution is 5.99. The Morgan fingerprint density at radius 3 is 2.81 bits per heavy atom. The van der Waals surface area contributed by atoms with Gasteiger partial charge < -0.3 is 0 Å². The molecule has 0 fully saturated rings. The highest BCUT2D eigenvalue weighted by Crippen LogP contribution is 2.01. The predicted octanol–water partition coefficient (Wildman–Crippen LogP) is 0.674. The largest absolute Gasteiger partial charge is 0.272 e. The van der Waals surface area contributed by atoms with E-state index in [2.05, 4.69) is 20.7 Å². The molecule has 0 aliphatic heterocycles. The van der Waals surface area contributed by atoms with Crippen LogP contribution >= 0.6 is 0 Å². The van der Waals surface area contributed by atoms with E-state index >= 15 is 0 Å². The number of aryl methyl sites for hydroxylation is 1. The van der Waals surface area contributed by atoms with Gasteiger partial charge in [0, 0.05) is 12.4 Å². The second-order valence-electron chi connectivity index (χ2n) is 3.35. The van der Waals surface area contributed by atoms with Crippen molar-refractivity contribution in [2.45, 2.75) is 13.8 Å². The van der Waals surface area contributed by atoms with Crippen molar-refractivity contribution in [3.05, 3.63) is 41.5 Å². The molecule has 0 spiro atoms. The second kappa shape index (κ2) is 4.09. The minimum Gasteiger partial charge on any atom is -0.267 e. The molecule has 2 aromatic heterocycles. The molecule has 0 unspecified atom stereocenters. The Kier molecular flexibility index (Phi) is 2.63. The van der Waals surface area contributed by atoms with Gasteiger partial charge in [0.05, 0.1) is 17.0 Å². The van der Waals surface area contributed by atoms with Gasteiger partial charge in [-0.05, 0) is 31.2 Å². The first kappa shape index (κ1) is 10.3. The Hall–Kier alpha value is -2.24. The first-order valence-electron chi connectivity index (χ1n) is 4.79. The summed E-state index contributed by atoms with van der Waals surface area (Å²) >= 11 is 0. The minimum absolute atomic E-state index is 0.263. The third-order valence-corrected chi connectivity index (χ3v) is 2.26. The number of hydrogen-bond acceptors (Lipinski definition) is 4. The van der Waals surface area contributed by atoms with E-state index in [1.807, 2.05) is 13.8 Å². The fourth-order valence-electron chi connectivity index (χ4n) is 1.17. The van der Waals surface area contributed by atoms with Crippen molar-refractivity contribution in [3.63, 3.8) is 0 Å². The topological polar surface area (TPSA) is 72.7 Å². The molecule has 0 radical (unpaired) electrons. The van der Waals surface area contributed by atoms with Gasteiger partial charge in [-0.1, -0.05) is 0 Å². The maximum atomic E-state index is 11.7. The molecule has 2 rings (SSSR count).